The molecule has 0 aromatic carbocycles. The minimum Gasteiger partial charge on any atom is -0.444 e. The SMILES string of the molecule is C[C@@H]1CC2(CCN1C(=O)OC(C)(C)C)CC(=O)C2(Cl)Cl. The lowest BCUT2D eigenvalue weighted by molar-refractivity contribution is -0.138. The molecule has 2 atom stereocenters. The van der Waals surface area contributed by atoms with Crippen LogP contribution in [0.2, 0.25) is 0 Å². The van der Waals surface area contributed by atoms with E-state index in [1.54, 1.807) is 4.90 Å². The number of hydrogen-bond acceptors (Lipinski definition) is 3. The second-order valence-electron chi connectivity index (χ2n) is 6.93. The minimum absolute atomic E-state index is 0.0384. The van der Waals surface area contributed by atoms with Crippen molar-refractivity contribution in [2.45, 2.75) is 62.9 Å². The molecule has 20 heavy (non-hydrogen) atoms. The highest BCUT2D eigenvalue weighted by Gasteiger charge is 2.65. The second kappa shape index (κ2) is 4.77. The fourth-order valence-electron chi connectivity index (χ4n) is 3.09. The maximum atomic E-state index is 12.1. The normalized spacial score (nSPS) is 33.0. The van der Waals surface area contributed by atoms with E-state index in [1.165, 1.54) is 0 Å². The van der Waals surface area contributed by atoms with Gasteiger partial charge >= 0.3 is 6.09 Å². The van der Waals surface area contributed by atoms with Crippen LogP contribution in [0.15, 0.2) is 0 Å². The van der Waals surface area contributed by atoms with Gasteiger partial charge in [0.2, 0.25) is 0 Å². The molecule has 1 heterocycles. The van der Waals surface area contributed by atoms with Crippen LogP contribution in [0.5, 0.6) is 0 Å². The fraction of sp³-hybridized carbons (Fsp3) is 0.857. The molecule has 1 saturated carbocycles. The highest BCUT2D eigenvalue weighted by molar-refractivity contribution is 6.61. The molecule has 0 radical (unpaired) electrons. The second-order valence-corrected chi connectivity index (χ2v) is 8.26. The van der Waals surface area contributed by atoms with Gasteiger partial charge in [-0.3, -0.25) is 4.79 Å². The van der Waals surface area contributed by atoms with Crippen LogP contribution in [-0.2, 0) is 9.53 Å². The molecule has 1 amide bonds. The summed E-state index contributed by atoms with van der Waals surface area (Å²) in [5, 5.41) is 0. The molecule has 0 aromatic rings. The molecule has 6 heteroatoms. The summed E-state index contributed by atoms with van der Waals surface area (Å²) in [6.07, 6.45) is 1.35. The van der Waals surface area contributed by atoms with Gasteiger partial charge in [0.15, 0.2) is 10.1 Å². The van der Waals surface area contributed by atoms with Crippen molar-refractivity contribution in [1.29, 1.82) is 0 Å². The quantitative estimate of drug-likeness (QED) is 0.641. The zero-order valence-electron chi connectivity index (χ0n) is 12.3. The summed E-state index contributed by atoms with van der Waals surface area (Å²) in [5.41, 5.74) is -0.897. The molecule has 1 aliphatic carbocycles. The van der Waals surface area contributed by atoms with Crippen LogP contribution < -0.4 is 0 Å². The van der Waals surface area contributed by atoms with Crippen LogP contribution in [0, 0.1) is 5.41 Å². The Morgan fingerprint density at radius 3 is 2.40 bits per heavy atom. The Hall–Kier alpha value is -0.480. The van der Waals surface area contributed by atoms with Crippen LogP contribution >= 0.6 is 23.2 Å². The lowest BCUT2D eigenvalue weighted by Crippen LogP contribution is -2.64. The molecule has 0 bridgehead atoms. The average Bonchev–Trinajstić information content (AvgIpc) is 2.26. The average molecular weight is 322 g/mol. The van der Waals surface area contributed by atoms with Crippen molar-refractivity contribution in [1.82, 2.24) is 4.90 Å². The number of Topliss-reactive ketones (excluding diaryl/α,β-unsaturated/α-hetero) is 1. The number of rotatable bonds is 0. The van der Waals surface area contributed by atoms with E-state index in [4.69, 9.17) is 27.9 Å². The Kier molecular flexibility index (Phi) is 3.79. The highest BCUT2D eigenvalue weighted by atomic mass is 35.5. The maximum absolute atomic E-state index is 12.1. The van der Waals surface area contributed by atoms with Crippen LogP contribution in [0.1, 0.15) is 47.0 Å². The molecule has 1 aliphatic heterocycles. The van der Waals surface area contributed by atoms with Crippen molar-refractivity contribution in [2.75, 3.05) is 6.54 Å². The zero-order valence-corrected chi connectivity index (χ0v) is 13.8. The van der Waals surface area contributed by atoms with Gasteiger partial charge < -0.3 is 9.64 Å². The Morgan fingerprint density at radius 1 is 1.40 bits per heavy atom. The molecule has 1 unspecified atom stereocenters. The summed E-state index contributed by atoms with van der Waals surface area (Å²) in [6, 6.07) is -0.0384. The summed E-state index contributed by atoms with van der Waals surface area (Å²) in [5.74, 6) is -0.112. The van der Waals surface area contributed by atoms with E-state index in [1.807, 2.05) is 27.7 Å². The summed E-state index contributed by atoms with van der Waals surface area (Å²) in [7, 11) is 0. The Labute approximate surface area is 129 Å². The van der Waals surface area contributed by atoms with Crippen LogP contribution in [0.25, 0.3) is 0 Å². The van der Waals surface area contributed by atoms with Gasteiger partial charge in [0.05, 0.1) is 0 Å². The monoisotopic (exact) mass is 321 g/mol. The van der Waals surface area contributed by atoms with Gasteiger partial charge in [0, 0.05) is 24.4 Å². The third-order valence-electron chi connectivity index (χ3n) is 4.19. The molecule has 4 nitrogen and oxygen atoms in total. The van der Waals surface area contributed by atoms with Gasteiger partial charge in [0.1, 0.15) is 5.60 Å². The van der Waals surface area contributed by atoms with E-state index >= 15 is 0 Å². The smallest absolute Gasteiger partial charge is 0.410 e. The molecule has 2 aliphatic rings. The summed E-state index contributed by atoms with van der Waals surface area (Å²) >= 11 is 12.3. The summed E-state index contributed by atoms with van der Waals surface area (Å²) in [4.78, 5) is 25.4. The molecule has 1 saturated heterocycles. The number of amides is 1. The van der Waals surface area contributed by atoms with E-state index < -0.39 is 9.93 Å². The third-order valence-corrected chi connectivity index (χ3v) is 5.42. The van der Waals surface area contributed by atoms with Crippen molar-refractivity contribution in [3.8, 4) is 0 Å². The highest BCUT2D eigenvalue weighted by Crippen LogP contribution is 2.60. The summed E-state index contributed by atoms with van der Waals surface area (Å²) < 4.78 is 4.10. The van der Waals surface area contributed by atoms with E-state index in [9.17, 15) is 9.59 Å². The lowest BCUT2D eigenvalue weighted by Gasteiger charge is -2.56. The number of ether oxygens (including phenoxy) is 1. The molecular weight excluding hydrogens is 301 g/mol. The topological polar surface area (TPSA) is 46.6 Å². The molecule has 0 N–H and O–H groups in total. The third kappa shape index (κ3) is 2.52. The standard InChI is InChI=1S/C14H21Cl2NO3/c1-9-7-13(8-10(18)14(13,15)16)5-6-17(9)11(19)20-12(2,3)4/h9H,5-8H2,1-4H3/t9-,13?/m1/s1. The predicted molar refractivity (Wildman–Crippen MR) is 78.1 cm³/mol. The molecule has 0 aromatic heterocycles. The predicted octanol–water partition coefficient (Wildman–Crippen LogP) is 3.54. The van der Waals surface area contributed by atoms with Crippen molar-refractivity contribution in [3.63, 3.8) is 0 Å². The number of ketones is 1. The van der Waals surface area contributed by atoms with Crippen molar-refractivity contribution in [2.24, 2.45) is 5.41 Å². The van der Waals surface area contributed by atoms with Gasteiger partial charge in [-0.05, 0) is 40.5 Å². The lowest BCUT2D eigenvalue weighted by atomic mass is 9.60. The first-order valence-corrected chi connectivity index (χ1v) is 7.65. The van der Waals surface area contributed by atoms with Gasteiger partial charge in [-0.2, -0.15) is 0 Å². The van der Waals surface area contributed by atoms with Gasteiger partial charge in [-0.25, -0.2) is 4.79 Å². The van der Waals surface area contributed by atoms with Crippen LogP contribution in [0.4, 0.5) is 4.79 Å². The number of piperidine rings is 1. The first-order chi connectivity index (χ1) is 8.98. The van der Waals surface area contributed by atoms with Crippen molar-refractivity contribution >= 4 is 35.1 Å². The van der Waals surface area contributed by atoms with Gasteiger partial charge in [-0.1, -0.05) is 23.2 Å². The first kappa shape index (κ1) is 15.9. The van der Waals surface area contributed by atoms with Crippen molar-refractivity contribution < 1.29 is 14.3 Å². The Balaban J connectivity index is 2.04. The van der Waals surface area contributed by atoms with Gasteiger partial charge in [-0.15, -0.1) is 0 Å². The van der Waals surface area contributed by atoms with Crippen LogP contribution in [0.3, 0.4) is 0 Å². The maximum Gasteiger partial charge on any atom is 0.410 e. The molecule has 1 spiro atoms. The van der Waals surface area contributed by atoms with Crippen LogP contribution in [-0.4, -0.2) is 39.3 Å². The first-order valence-electron chi connectivity index (χ1n) is 6.89. The fourth-order valence-corrected chi connectivity index (χ4v) is 3.70. The van der Waals surface area contributed by atoms with E-state index in [-0.39, 0.29) is 23.3 Å². The van der Waals surface area contributed by atoms with E-state index in [2.05, 4.69) is 0 Å². The molecule has 2 fully saturated rings. The number of carbonyl (C=O) groups is 2. The number of likely N-dealkylation sites (tertiary alicyclic amines) is 1. The van der Waals surface area contributed by atoms with Gasteiger partial charge in [0.25, 0.3) is 0 Å². The number of halogens is 2. The largest absolute Gasteiger partial charge is 0.444 e. The molecule has 114 valence electrons. The summed E-state index contributed by atoms with van der Waals surface area (Å²) in [6.45, 7) is 7.98. The van der Waals surface area contributed by atoms with E-state index in [0.717, 1.165) is 0 Å². The minimum atomic E-state index is -1.29. The Morgan fingerprint density at radius 2 is 2.00 bits per heavy atom. The molecular formula is C14H21Cl2NO3. The van der Waals surface area contributed by atoms with Crippen molar-refractivity contribution in [3.05, 3.63) is 0 Å². The Bertz CT molecular complexity index is 444. The number of alkyl halides is 2. The number of carbonyl (C=O) groups excluding carboxylic acids is 2. The number of hydrogen-bond donors (Lipinski definition) is 0. The number of nitrogens with zero attached hydrogens (tertiary/aromatic N) is 1. The van der Waals surface area contributed by atoms with E-state index in [0.29, 0.717) is 25.8 Å². The zero-order chi connectivity index (χ0) is 15.3. The molecule has 2 rings (SSSR count).